The van der Waals surface area contributed by atoms with E-state index in [9.17, 15) is 19.4 Å². The van der Waals surface area contributed by atoms with Gasteiger partial charge < -0.3 is 28.8 Å². The molecule has 0 aliphatic heterocycles. The van der Waals surface area contributed by atoms with Gasteiger partial charge in [-0.05, 0) is 57.8 Å². The van der Waals surface area contributed by atoms with E-state index in [1.165, 1.54) is 154 Å². The molecule has 0 aromatic heterocycles. The summed E-state index contributed by atoms with van der Waals surface area (Å²) < 4.78 is 23.3. The predicted molar refractivity (Wildman–Crippen MR) is 288 cm³/mol. The predicted octanol–water partition coefficient (Wildman–Crippen LogP) is 16.3. The van der Waals surface area contributed by atoms with Crippen LogP contribution in [0.1, 0.15) is 251 Å². The van der Waals surface area contributed by atoms with Crippen LogP contribution in [0.3, 0.4) is 0 Å². The molecule has 0 heterocycles. The molecule has 0 saturated carbocycles. The molecule has 1 amide bonds. The lowest BCUT2D eigenvalue weighted by atomic mass is 10.0. The lowest BCUT2D eigenvalue weighted by molar-refractivity contribution is -0.870. The number of hydrogen-bond donors (Lipinski definition) is 2. The number of allylic oxidation sites excluding steroid dienone is 10. The Bertz CT molecular complexity index is 1270. The summed E-state index contributed by atoms with van der Waals surface area (Å²) in [4.78, 5) is 25.4. The van der Waals surface area contributed by atoms with Crippen LogP contribution in [0.25, 0.3) is 0 Å². The van der Waals surface area contributed by atoms with E-state index < -0.39 is 20.0 Å². The van der Waals surface area contributed by atoms with Gasteiger partial charge >= 0.3 is 0 Å². The van der Waals surface area contributed by atoms with E-state index in [-0.39, 0.29) is 19.1 Å². The second-order valence-corrected chi connectivity index (χ2v) is 21.7. The molecule has 0 spiro atoms. The Labute approximate surface area is 415 Å². The molecule has 0 rings (SSSR count). The van der Waals surface area contributed by atoms with E-state index in [0.717, 1.165) is 70.6 Å². The van der Waals surface area contributed by atoms with Gasteiger partial charge in [0.25, 0.3) is 7.82 Å². The van der Waals surface area contributed by atoms with E-state index in [1.807, 2.05) is 21.1 Å². The van der Waals surface area contributed by atoms with Crippen molar-refractivity contribution in [3.05, 3.63) is 60.8 Å². The van der Waals surface area contributed by atoms with Crippen LogP contribution in [0.5, 0.6) is 0 Å². The first-order valence-electron chi connectivity index (χ1n) is 28.1. The number of aliphatic hydroxyl groups is 1. The number of hydrogen-bond acceptors (Lipinski definition) is 6. The van der Waals surface area contributed by atoms with Gasteiger partial charge in [-0.3, -0.25) is 9.36 Å². The van der Waals surface area contributed by atoms with Crippen molar-refractivity contribution in [2.45, 2.75) is 264 Å². The number of amides is 1. The highest BCUT2D eigenvalue weighted by molar-refractivity contribution is 7.45. The molecule has 3 unspecified atom stereocenters. The number of unbranched alkanes of at least 4 members (excludes halogenated alkanes) is 28. The summed E-state index contributed by atoms with van der Waals surface area (Å²) in [6.45, 7) is 4.61. The highest BCUT2D eigenvalue weighted by Gasteiger charge is 2.24. The van der Waals surface area contributed by atoms with Crippen LogP contribution < -0.4 is 10.2 Å². The maximum absolute atomic E-state index is 12.9. The van der Waals surface area contributed by atoms with E-state index in [4.69, 9.17) is 9.05 Å². The molecular weight excluding hydrogens is 852 g/mol. The first-order chi connectivity index (χ1) is 32.5. The molecule has 0 saturated heterocycles. The van der Waals surface area contributed by atoms with Gasteiger partial charge in [0.1, 0.15) is 13.2 Å². The van der Waals surface area contributed by atoms with E-state index >= 15 is 0 Å². The van der Waals surface area contributed by atoms with Crippen molar-refractivity contribution in [3.8, 4) is 0 Å². The molecule has 0 aliphatic carbocycles. The van der Waals surface area contributed by atoms with Crippen molar-refractivity contribution in [1.29, 1.82) is 0 Å². The topological polar surface area (TPSA) is 108 Å². The number of quaternary nitrogens is 1. The molecule has 0 aromatic rings. The lowest BCUT2D eigenvalue weighted by Gasteiger charge is -2.30. The van der Waals surface area contributed by atoms with Gasteiger partial charge in [0.2, 0.25) is 5.91 Å². The summed E-state index contributed by atoms with van der Waals surface area (Å²) >= 11 is 0. The minimum Gasteiger partial charge on any atom is -0.756 e. The third-order valence-corrected chi connectivity index (χ3v) is 13.5. The average molecular weight is 961 g/mol. The molecule has 0 aromatic carbocycles. The first kappa shape index (κ1) is 65.2. The Morgan fingerprint density at radius 3 is 1.33 bits per heavy atom. The maximum Gasteiger partial charge on any atom is 0.268 e. The minimum atomic E-state index is -4.57. The van der Waals surface area contributed by atoms with Crippen molar-refractivity contribution in [3.63, 3.8) is 0 Å². The standard InChI is InChI=1S/C58H109N2O6P/c1-6-8-10-12-14-16-18-20-21-22-23-24-25-26-27-28-29-30-31-32-33-34-35-36-37-38-39-40-42-44-46-48-50-52-58(62)59-56(55-66-67(63,64)65-54-53-60(3,4)5)57(61)51-49-47-45-43-41-19-17-15-13-11-9-7-2/h8,10,14,16,20-21,23-24,26-27,56-57,61H,6-7,9,11-13,15,17-19,22,25,28-55H2,1-5H3,(H-,59,62,63,64)/b10-8-,16-14-,21-20-,24-23-,27-26-. The second-order valence-electron chi connectivity index (χ2n) is 20.3. The van der Waals surface area contributed by atoms with Crippen LogP contribution in [0.4, 0.5) is 0 Å². The molecule has 0 aliphatic rings. The highest BCUT2D eigenvalue weighted by Crippen LogP contribution is 2.38. The second kappa shape index (κ2) is 49.2. The Kier molecular flexibility index (Phi) is 47.9. The first-order valence-corrected chi connectivity index (χ1v) is 29.6. The van der Waals surface area contributed by atoms with Gasteiger partial charge in [0.15, 0.2) is 0 Å². The molecule has 0 radical (unpaired) electrons. The fourth-order valence-electron chi connectivity index (χ4n) is 8.13. The van der Waals surface area contributed by atoms with Gasteiger partial charge in [0, 0.05) is 6.42 Å². The van der Waals surface area contributed by atoms with E-state index in [1.54, 1.807) is 0 Å². The molecule has 2 N–H and O–H groups in total. The van der Waals surface area contributed by atoms with Crippen LogP contribution >= 0.6 is 7.82 Å². The van der Waals surface area contributed by atoms with Crippen LogP contribution in [0.2, 0.25) is 0 Å². The van der Waals surface area contributed by atoms with Crippen molar-refractivity contribution in [2.75, 3.05) is 40.9 Å². The van der Waals surface area contributed by atoms with Gasteiger partial charge in [-0.1, -0.05) is 248 Å². The van der Waals surface area contributed by atoms with E-state index in [2.05, 4.69) is 79.9 Å². The fraction of sp³-hybridized carbons (Fsp3) is 0.810. The smallest absolute Gasteiger partial charge is 0.268 e. The van der Waals surface area contributed by atoms with Gasteiger partial charge in [-0.25, -0.2) is 0 Å². The number of nitrogens with one attached hydrogen (secondary N) is 1. The van der Waals surface area contributed by atoms with Crippen LogP contribution in [-0.4, -0.2) is 68.5 Å². The number of rotatable bonds is 51. The van der Waals surface area contributed by atoms with Gasteiger partial charge in [-0.2, -0.15) is 0 Å². The Balaban J connectivity index is 4.00. The zero-order chi connectivity index (χ0) is 49.2. The summed E-state index contributed by atoms with van der Waals surface area (Å²) in [5, 5.41) is 14.0. The molecule has 67 heavy (non-hydrogen) atoms. The third-order valence-electron chi connectivity index (χ3n) is 12.5. The largest absolute Gasteiger partial charge is 0.756 e. The lowest BCUT2D eigenvalue weighted by Crippen LogP contribution is -2.46. The third kappa shape index (κ3) is 51.9. The number of phosphoric acid groups is 1. The number of nitrogens with zero attached hydrogens (tertiary/aromatic N) is 1. The van der Waals surface area contributed by atoms with Gasteiger partial charge in [0.05, 0.1) is 39.9 Å². The molecular formula is C58H109N2O6P. The van der Waals surface area contributed by atoms with Crippen molar-refractivity contribution < 1.29 is 32.9 Å². The van der Waals surface area contributed by atoms with Crippen molar-refractivity contribution in [2.24, 2.45) is 0 Å². The van der Waals surface area contributed by atoms with E-state index in [0.29, 0.717) is 23.9 Å². The fourth-order valence-corrected chi connectivity index (χ4v) is 8.85. The molecule has 0 bridgehead atoms. The zero-order valence-electron chi connectivity index (χ0n) is 44.6. The summed E-state index contributed by atoms with van der Waals surface area (Å²) in [7, 11) is 1.31. The normalized spacial score (nSPS) is 14.4. The summed E-state index contributed by atoms with van der Waals surface area (Å²) in [6.07, 6.45) is 65.4. The number of carbonyl (C=O) groups is 1. The minimum absolute atomic E-state index is 0.0119. The van der Waals surface area contributed by atoms with Crippen LogP contribution in [0, 0.1) is 0 Å². The number of likely N-dealkylation sites (N-methyl/N-ethyl adjacent to an activating group) is 1. The SMILES string of the molecule is CC/C=C\C/C=C\C/C=C\C/C=C\C/C=C\CCCCCCCCCCCCCCCCCCCC(=O)NC(COP(=O)([O-])OCC[N+](C)(C)C)C(O)CCCCCCCCCCCCCC. The molecule has 3 atom stereocenters. The molecule has 0 fully saturated rings. The highest BCUT2D eigenvalue weighted by atomic mass is 31.2. The molecule has 8 nitrogen and oxygen atoms in total. The number of carbonyl (C=O) groups excluding carboxylic acids is 1. The zero-order valence-corrected chi connectivity index (χ0v) is 45.5. The van der Waals surface area contributed by atoms with Crippen molar-refractivity contribution >= 4 is 13.7 Å². The van der Waals surface area contributed by atoms with Gasteiger partial charge in [-0.15, -0.1) is 0 Å². The summed E-state index contributed by atoms with van der Waals surface area (Å²) in [5.74, 6) is -0.165. The average Bonchev–Trinajstić information content (AvgIpc) is 3.29. The Morgan fingerprint density at radius 1 is 0.537 bits per heavy atom. The Morgan fingerprint density at radius 2 is 0.910 bits per heavy atom. The molecule has 9 heteroatoms. The summed E-state index contributed by atoms with van der Waals surface area (Å²) in [5.41, 5.74) is 0. The van der Waals surface area contributed by atoms with Crippen LogP contribution in [0.15, 0.2) is 60.8 Å². The molecule has 392 valence electrons. The maximum atomic E-state index is 12.9. The van der Waals surface area contributed by atoms with Crippen LogP contribution in [-0.2, 0) is 18.4 Å². The summed E-state index contributed by atoms with van der Waals surface area (Å²) in [6, 6.07) is -0.800. The Hall–Kier alpha value is -1.80. The van der Waals surface area contributed by atoms with Crippen molar-refractivity contribution in [1.82, 2.24) is 5.32 Å². The number of phosphoric ester groups is 1. The number of aliphatic hydroxyl groups excluding tert-OH is 1. The monoisotopic (exact) mass is 961 g/mol. The quantitative estimate of drug-likeness (QED) is 0.0272.